The van der Waals surface area contributed by atoms with E-state index in [2.05, 4.69) is 18.8 Å². The maximum absolute atomic E-state index is 5.78. The van der Waals surface area contributed by atoms with Crippen LogP contribution in [-0.4, -0.2) is 25.3 Å². The minimum Gasteiger partial charge on any atom is -0.368 e. The van der Waals surface area contributed by atoms with Gasteiger partial charge in [0.1, 0.15) is 0 Å². The van der Waals surface area contributed by atoms with Crippen molar-refractivity contribution in [3.8, 4) is 0 Å². The summed E-state index contributed by atoms with van der Waals surface area (Å²) in [5, 5.41) is 3.36. The molecule has 1 atom stereocenters. The Balaban J connectivity index is 2.33. The summed E-state index contributed by atoms with van der Waals surface area (Å²) in [7, 11) is 0. The van der Waals surface area contributed by atoms with Gasteiger partial charge in [0, 0.05) is 13.1 Å². The Bertz CT molecular complexity index is 150. The fourth-order valence-electron chi connectivity index (χ4n) is 1.75. The molecular formula is C11H21NO. The van der Waals surface area contributed by atoms with Crippen LogP contribution in [0.4, 0.5) is 0 Å². The summed E-state index contributed by atoms with van der Waals surface area (Å²) in [5.74, 6) is 0. The molecule has 76 valence electrons. The topological polar surface area (TPSA) is 21.3 Å². The lowest BCUT2D eigenvalue weighted by atomic mass is 9.95. The highest BCUT2D eigenvalue weighted by molar-refractivity contribution is 5.00. The molecule has 1 heterocycles. The molecule has 0 aliphatic carbocycles. The summed E-state index contributed by atoms with van der Waals surface area (Å²) < 4.78 is 5.78. The van der Waals surface area contributed by atoms with Crippen molar-refractivity contribution in [3.05, 3.63) is 12.7 Å². The van der Waals surface area contributed by atoms with Crippen LogP contribution in [0.25, 0.3) is 0 Å². The molecule has 0 bridgehead atoms. The molecule has 0 aromatic heterocycles. The second-order valence-corrected chi connectivity index (χ2v) is 3.75. The van der Waals surface area contributed by atoms with Crippen molar-refractivity contribution >= 4 is 0 Å². The van der Waals surface area contributed by atoms with Gasteiger partial charge in [0.2, 0.25) is 0 Å². The van der Waals surface area contributed by atoms with Crippen LogP contribution in [-0.2, 0) is 4.74 Å². The summed E-state index contributed by atoms with van der Waals surface area (Å²) in [6.07, 6.45) is 6.87. The van der Waals surface area contributed by atoms with Crippen LogP contribution in [0.2, 0.25) is 0 Å². The molecule has 1 aliphatic heterocycles. The summed E-state index contributed by atoms with van der Waals surface area (Å²) in [6.45, 7) is 8.82. The Labute approximate surface area is 81.4 Å². The van der Waals surface area contributed by atoms with Crippen molar-refractivity contribution in [1.29, 1.82) is 0 Å². The van der Waals surface area contributed by atoms with Gasteiger partial charge in [-0.3, -0.25) is 0 Å². The molecule has 2 heteroatoms. The van der Waals surface area contributed by atoms with Gasteiger partial charge in [0.15, 0.2) is 0 Å². The maximum Gasteiger partial charge on any atom is 0.0984 e. The minimum atomic E-state index is -0.0760. The average molecular weight is 183 g/mol. The minimum absolute atomic E-state index is 0.0760. The zero-order valence-electron chi connectivity index (χ0n) is 8.64. The van der Waals surface area contributed by atoms with E-state index in [0.717, 1.165) is 26.1 Å². The third-order valence-corrected chi connectivity index (χ3v) is 2.67. The average Bonchev–Trinajstić information content (AvgIpc) is 2.20. The number of ether oxygens (including phenoxy) is 1. The van der Waals surface area contributed by atoms with Gasteiger partial charge in [-0.1, -0.05) is 32.3 Å². The molecule has 1 aliphatic rings. The fraction of sp³-hybridized carbons (Fsp3) is 0.818. The van der Waals surface area contributed by atoms with Gasteiger partial charge in [0.25, 0.3) is 0 Å². The predicted molar refractivity (Wildman–Crippen MR) is 55.9 cm³/mol. The van der Waals surface area contributed by atoms with Crippen LogP contribution >= 0.6 is 0 Å². The predicted octanol–water partition coefficient (Wildman–Crippen LogP) is 2.11. The molecule has 1 fully saturated rings. The Morgan fingerprint density at radius 3 is 2.92 bits per heavy atom. The molecule has 0 saturated carbocycles. The number of unbranched alkanes of at least 4 members (excludes halogenated alkanes) is 2. The van der Waals surface area contributed by atoms with Crippen molar-refractivity contribution in [2.45, 2.75) is 38.2 Å². The van der Waals surface area contributed by atoms with Crippen LogP contribution in [0.1, 0.15) is 32.6 Å². The third kappa shape index (κ3) is 3.12. The first-order chi connectivity index (χ1) is 6.33. The van der Waals surface area contributed by atoms with Crippen molar-refractivity contribution in [3.63, 3.8) is 0 Å². The van der Waals surface area contributed by atoms with Crippen molar-refractivity contribution in [2.24, 2.45) is 0 Å². The van der Waals surface area contributed by atoms with E-state index in [1.54, 1.807) is 0 Å². The van der Waals surface area contributed by atoms with Crippen LogP contribution in [0.5, 0.6) is 0 Å². The Morgan fingerprint density at radius 1 is 1.54 bits per heavy atom. The summed E-state index contributed by atoms with van der Waals surface area (Å²) in [6, 6.07) is 0. The summed E-state index contributed by atoms with van der Waals surface area (Å²) in [5.41, 5.74) is -0.0760. The van der Waals surface area contributed by atoms with E-state index in [1.807, 2.05) is 6.08 Å². The molecule has 0 aromatic carbocycles. The van der Waals surface area contributed by atoms with E-state index in [1.165, 1.54) is 19.3 Å². The molecule has 0 amide bonds. The molecule has 1 rings (SSSR count). The zero-order chi connectivity index (χ0) is 9.57. The van der Waals surface area contributed by atoms with Crippen LogP contribution in [0.3, 0.4) is 0 Å². The van der Waals surface area contributed by atoms with Gasteiger partial charge < -0.3 is 10.1 Å². The zero-order valence-corrected chi connectivity index (χ0v) is 8.64. The molecule has 0 aromatic rings. The van der Waals surface area contributed by atoms with Gasteiger partial charge in [-0.05, 0) is 6.42 Å². The quantitative estimate of drug-likeness (QED) is 0.520. The lowest BCUT2D eigenvalue weighted by molar-refractivity contribution is -0.0369. The standard InChI is InChI=1S/C11H21NO/c1-3-5-6-7-11(4-2)10-12-8-9-13-11/h4,12H,2-3,5-10H2,1H3. The van der Waals surface area contributed by atoms with Crippen molar-refractivity contribution in [2.75, 3.05) is 19.7 Å². The van der Waals surface area contributed by atoms with Crippen molar-refractivity contribution < 1.29 is 4.74 Å². The summed E-state index contributed by atoms with van der Waals surface area (Å²) in [4.78, 5) is 0. The van der Waals surface area contributed by atoms with Crippen LogP contribution in [0, 0.1) is 0 Å². The Morgan fingerprint density at radius 2 is 2.38 bits per heavy atom. The molecular weight excluding hydrogens is 162 g/mol. The lowest BCUT2D eigenvalue weighted by Gasteiger charge is -2.35. The van der Waals surface area contributed by atoms with Crippen molar-refractivity contribution in [1.82, 2.24) is 5.32 Å². The normalized spacial score (nSPS) is 28.7. The maximum atomic E-state index is 5.78. The monoisotopic (exact) mass is 183 g/mol. The number of morpholine rings is 1. The highest BCUT2D eigenvalue weighted by Crippen LogP contribution is 2.22. The van der Waals surface area contributed by atoms with Crippen LogP contribution in [0.15, 0.2) is 12.7 Å². The number of hydrogen-bond acceptors (Lipinski definition) is 2. The summed E-state index contributed by atoms with van der Waals surface area (Å²) >= 11 is 0. The smallest absolute Gasteiger partial charge is 0.0984 e. The Kier molecular flexibility index (Phi) is 4.46. The number of nitrogens with one attached hydrogen (secondary N) is 1. The second-order valence-electron chi connectivity index (χ2n) is 3.75. The van der Waals surface area contributed by atoms with Gasteiger partial charge in [-0.25, -0.2) is 0 Å². The fourth-order valence-corrected chi connectivity index (χ4v) is 1.75. The largest absolute Gasteiger partial charge is 0.368 e. The van der Waals surface area contributed by atoms with E-state index < -0.39 is 0 Å². The van der Waals surface area contributed by atoms with Gasteiger partial charge in [-0.15, -0.1) is 6.58 Å². The molecule has 1 N–H and O–H groups in total. The van der Waals surface area contributed by atoms with E-state index in [4.69, 9.17) is 4.74 Å². The third-order valence-electron chi connectivity index (χ3n) is 2.67. The molecule has 2 nitrogen and oxygen atoms in total. The molecule has 0 spiro atoms. The number of rotatable bonds is 5. The van der Waals surface area contributed by atoms with E-state index in [-0.39, 0.29) is 5.60 Å². The van der Waals surface area contributed by atoms with E-state index in [9.17, 15) is 0 Å². The van der Waals surface area contributed by atoms with Crippen LogP contribution < -0.4 is 5.32 Å². The van der Waals surface area contributed by atoms with E-state index >= 15 is 0 Å². The van der Waals surface area contributed by atoms with Gasteiger partial charge in [0.05, 0.1) is 12.2 Å². The second kappa shape index (κ2) is 5.40. The molecule has 1 saturated heterocycles. The lowest BCUT2D eigenvalue weighted by Crippen LogP contribution is -2.48. The highest BCUT2D eigenvalue weighted by Gasteiger charge is 2.28. The first-order valence-electron chi connectivity index (χ1n) is 5.31. The Hall–Kier alpha value is -0.340. The number of hydrogen-bond donors (Lipinski definition) is 1. The molecule has 0 radical (unpaired) electrons. The molecule has 1 unspecified atom stereocenters. The van der Waals surface area contributed by atoms with E-state index in [0.29, 0.717) is 0 Å². The molecule has 13 heavy (non-hydrogen) atoms. The van der Waals surface area contributed by atoms with Gasteiger partial charge in [-0.2, -0.15) is 0 Å². The SMILES string of the molecule is C=CC1(CCCCC)CNCCO1. The van der Waals surface area contributed by atoms with Gasteiger partial charge >= 0.3 is 0 Å². The highest BCUT2D eigenvalue weighted by atomic mass is 16.5. The first kappa shape index (κ1) is 10.7. The first-order valence-corrected chi connectivity index (χ1v) is 5.31.